The van der Waals surface area contributed by atoms with Gasteiger partial charge in [-0.2, -0.15) is 0 Å². The minimum atomic E-state index is -0.347. The SMILES string of the molecule is CC(C)[C@@H](C)NC(=O)COc1cccc(NC(=O)c2ccco2)c1. The van der Waals surface area contributed by atoms with Gasteiger partial charge >= 0.3 is 0 Å². The summed E-state index contributed by atoms with van der Waals surface area (Å²) in [6, 6.07) is 10.2. The molecule has 128 valence electrons. The number of ether oxygens (including phenoxy) is 1. The Bertz CT molecular complexity index is 680. The zero-order chi connectivity index (χ0) is 17.5. The number of furan rings is 1. The van der Waals surface area contributed by atoms with Crippen LogP contribution in [0.15, 0.2) is 47.1 Å². The Balaban J connectivity index is 1.88. The summed E-state index contributed by atoms with van der Waals surface area (Å²) in [6.07, 6.45) is 1.44. The van der Waals surface area contributed by atoms with Crippen LogP contribution in [0.3, 0.4) is 0 Å². The Labute approximate surface area is 141 Å². The van der Waals surface area contributed by atoms with Gasteiger partial charge in [0.15, 0.2) is 12.4 Å². The lowest BCUT2D eigenvalue weighted by Crippen LogP contribution is -2.38. The smallest absolute Gasteiger partial charge is 0.291 e. The van der Waals surface area contributed by atoms with Gasteiger partial charge in [-0.25, -0.2) is 0 Å². The first-order chi connectivity index (χ1) is 11.5. The van der Waals surface area contributed by atoms with Crippen LogP contribution in [-0.4, -0.2) is 24.5 Å². The number of nitrogens with one attached hydrogen (secondary N) is 2. The third-order valence-corrected chi connectivity index (χ3v) is 3.60. The molecule has 6 heteroatoms. The highest BCUT2D eigenvalue weighted by molar-refractivity contribution is 6.02. The Hall–Kier alpha value is -2.76. The zero-order valence-electron chi connectivity index (χ0n) is 14.0. The fourth-order valence-electron chi connectivity index (χ4n) is 1.88. The predicted octanol–water partition coefficient (Wildman–Crippen LogP) is 3.07. The van der Waals surface area contributed by atoms with Crippen LogP contribution < -0.4 is 15.4 Å². The minimum absolute atomic E-state index is 0.0767. The van der Waals surface area contributed by atoms with Crippen molar-refractivity contribution in [3.63, 3.8) is 0 Å². The molecule has 6 nitrogen and oxygen atoms in total. The van der Waals surface area contributed by atoms with Crippen molar-refractivity contribution in [2.45, 2.75) is 26.8 Å². The van der Waals surface area contributed by atoms with Crippen LogP contribution >= 0.6 is 0 Å². The maximum atomic E-state index is 11.9. The van der Waals surface area contributed by atoms with Gasteiger partial charge in [-0.05, 0) is 37.1 Å². The van der Waals surface area contributed by atoms with Crippen molar-refractivity contribution in [3.8, 4) is 5.75 Å². The van der Waals surface area contributed by atoms with Gasteiger partial charge in [0.25, 0.3) is 11.8 Å². The molecule has 24 heavy (non-hydrogen) atoms. The molecule has 0 saturated heterocycles. The molecule has 0 aliphatic heterocycles. The highest BCUT2D eigenvalue weighted by Crippen LogP contribution is 2.18. The minimum Gasteiger partial charge on any atom is -0.484 e. The lowest BCUT2D eigenvalue weighted by atomic mass is 10.1. The highest BCUT2D eigenvalue weighted by atomic mass is 16.5. The number of benzene rings is 1. The number of carbonyl (C=O) groups excluding carboxylic acids is 2. The van der Waals surface area contributed by atoms with E-state index in [1.54, 1.807) is 36.4 Å². The molecule has 2 amide bonds. The maximum Gasteiger partial charge on any atom is 0.291 e. The molecule has 0 aliphatic rings. The molecule has 0 saturated carbocycles. The van der Waals surface area contributed by atoms with Crippen molar-refractivity contribution in [3.05, 3.63) is 48.4 Å². The number of rotatable bonds is 7. The molecule has 0 radical (unpaired) electrons. The summed E-state index contributed by atoms with van der Waals surface area (Å²) < 4.78 is 10.5. The lowest BCUT2D eigenvalue weighted by Gasteiger charge is -2.17. The highest BCUT2D eigenvalue weighted by Gasteiger charge is 2.12. The van der Waals surface area contributed by atoms with E-state index in [2.05, 4.69) is 10.6 Å². The van der Waals surface area contributed by atoms with Gasteiger partial charge < -0.3 is 19.8 Å². The third-order valence-electron chi connectivity index (χ3n) is 3.60. The predicted molar refractivity (Wildman–Crippen MR) is 91.0 cm³/mol. The van der Waals surface area contributed by atoms with Crippen molar-refractivity contribution < 1.29 is 18.7 Å². The van der Waals surface area contributed by atoms with Gasteiger partial charge in [-0.1, -0.05) is 19.9 Å². The zero-order valence-corrected chi connectivity index (χ0v) is 14.0. The molecular weight excluding hydrogens is 308 g/mol. The second kappa shape index (κ2) is 8.19. The first-order valence-electron chi connectivity index (χ1n) is 7.83. The number of hydrogen-bond donors (Lipinski definition) is 2. The Morgan fingerprint density at radius 2 is 1.96 bits per heavy atom. The van der Waals surface area contributed by atoms with Crippen LogP contribution in [-0.2, 0) is 4.79 Å². The van der Waals surface area contributed by atoms with E-state index in [4.69, 9.17) is 9.15 Å². The Morgan fingerprint density at radius 3 is 2.62 bits per heavy atom. The molecule has 0 spiro atoms. The molecule has 1 aromatic carbocycles. The van der Waals surface area contributed by atoms with Crippen molar-refractivity contribution in [2.24, 2.45) is 5.92 Å². The summed E-state index contributed by atoms with van der Waals surface area (Å²) in [5.41, 5.74) is 0.560. The lowest BCUT2D eigenvalue weighted by molar-refractivity contribution is -0.124. The van der Waals surface area contributed by atoms with E-state index in [9.17, 15) is 9.59 Å². The molecule has 2 rings (SSSR count). The van der Waals surface area contributed by atoms with Gasteiger partial charge in [0, 0.05) is 17.8 Å². The summed E-state index contributed by atoms with van der Waals surface area (Å²) in [5.74, 6) is 0.555. The molecule has 0 bridgehead atoms. The maximum absolute atomic E-state index is 11.9. The number of carbonyl (C=O) groups is 2. The molecular formula is C18H22N2O4. The summed E-state index contributed by atoms with van der Waals surface area (Å²) in [5, 5.41) is 5.58. The Kier molecular flexibility index (Phi) is 6.01. The first-order valence-corrected chi connectivity index (χ1v) is 7.83. The van der Waals surface area contributed by atoms with Crippen molar-refractivity contribution in [2.75, 3.05) is 11.9 Å². The number of anilines is 1. The van der Waals surface area contributed by atoms with Crippen LogP contribution in [0.4, 0.5) is 5.69 Å². The molecule has 1 aromatic heterocycles. The van der Waals surface area contributed by atoms with Crippen LogP contribution in [0, 0.1) is 5.92 Å². The van der Waals surface area contributed by atoms with E-state index in [0.717, 1.165) is 0 Å². The second-order valence-corrected chi connectivity index (χ2v) is 5.85. The number of hydrogen-bond acceptors (Lipinski definition) is 4. The van der Waals surface area contributed by atoms with Gasteiger partial charge in [-0.15, -0.1) is 0 Å². The number of amides is 2. The van der Waals surface area contributed by atoms with Crippen molar-refractivity contribution >= 4 is 17.5 Å². The first kappa shape index (κ1) is 17.6. The van der Waals surface area contributed by atoms with Gasteiger partial charge in [0.05, 0.1) is 6.26 Å². The third kappa shape index (κ3) is 5.15. The van der Waals surface area contributed by atoms with E-state index < -0.39 is 0 Å². The largest absolute Gasteiger partial charge is 0.484 e. The molecule has 1 atom stereocenters. The van der Waals surface area contributed by atoms with Gasteiger partial charge in [-0.3, -0.25) is 9.59 Å². The van der Waals surface area contributed by atoms with Gasteiger partial charge in [0.2, 0.25) is 0 Å². The van der Waals surface area contributed by atoms with E-state index in [-0.39, 0.29) is 30.2 Å². The molecule has 2 N–H and O–H groups in total. The van der Waals surface area contributed by atoms with E-state index >= 15 is 0 Å². The molecule has 0 unspecified atom stereocenters. The fourth-order valence-corrected chi connectivity index (χ4v) is 1.88. The van der Waals surface area contributed by atoms with Crippen LogP contribution in [0.2, 0.25) is 0 Å². The average Bonchev–Trinajstić information content (AvgIpc) is 3.08. The average molecular weight is 330 g/mol. The van der Waals surface area contributed by atoms with Crippen molar-refractivity contribution in [1.82, 2.24) is 5.32 Å². The Morgan fingerprint density at radius 1 is 1.17 bits per heavy atom. The monoisotopic (exact) mass is 330 g/mol. The topological polar surface area (TPSA) is 80.6 Å². The van der Waals surface area contributed by atoms with E-state index in [0.29, 0.717) is 17.4 Å². The van der Waals surface area contributed by atoms with Gasteiger partial charge in [0.1, 0.15) is 5.75 Å². The van der Waals surface area contributed by atoms with Crippen molar-refractivity contribution in [1.29, 1.82) is 0 Å². The van der Waals surface area contributed by atoms with Crippen LogP contribution in [0.25, 0.3) is 0 Å². The molecule has 0 aliphatic carbocycles. The molecule has 2 aromatic rings. The summed E-state index contributed by atoms with van der Waals surface area (Å²) in [4.78, 5) is 23.8. The summed E-state index contributed by atoms with van der Waals surface area (Å²) >= 11 is 0. The normalized spacial score (nSPS) is 11.8. The van der Waals surface area contributed by atoms with Crippen LogP contribution in [0.5, 0.6) is 5.75 Å². The van der Waals surface area contributed by atoms with E-state index in [1.807, 2.05) is 20.8 Å². The second-order valence-electron chi connectivity index (χ2n) is 5.85. The molecule has 1 heterocycles. The molecule has 0 fully saturated rings. The summed E-state index contributed by atoms with van der Waals surface area (Å²) in [6.45, 7) is 5.95. The fraction of sp³-hybridized carbons (Fsp3) is 0.333. The van der Waals surface area contributed by atoms with Crippen LogP contribution in [0.1, 0.15) is 31.3 Å². The standard InChI is InChI=1S/C18H22N2O4/c1-12(2)13(3)19-17(21)11-24-15-7-4-6-14(10-15)20-18(22)16-8-5-9-23-16/h4-10,12-13H,11H2,1-3H3,(H,19,21)(H,20,22)/t13-/m1/s1. The summed E-state index contributed by atoms with van der Waals surface area (Å²) in [7, 11) is 0. The quantitative estimate of drug-likeness (QED) is 0.817. The van der Waals surface area contributed by atoms with E-state index in [1.165, 1.54) is 6.26 Å².